The number of hydrogen-bond acceptors (Lipinski definition) is 2. The number of benzene rings is 1. The molecular weight excluding hydrogens is 277 g/mol. The van der Waals surface area contributed by atoms with Crippen molar-refractivity contribution >= 4 is 40.9 Å². The fourth-order valence-corrected chi connectivity index (χ4v) is 2.55. The molecule has 1 amide bonds. The van der Waals surface area contributed by atoms with Crippen molar-refractivity contribution in [1.29, 1.82) is 0 Å². The Morgan fingerprint density at radius 1 is 1.47 bits per heavy atom. The molecule has 0 fully saturated rings. The summed E-state index contributed by atoms with van der Waals surface area (Å²) in [6.45, 7) is 4.03. The molecule has 0 heterocycles. The molecule has 0 atom stereocenters. The maximum absolute atomic E-state index is 11.3. The number of rotatable bonds is 6. The highest BCUT2D eigenvalue weighted by Gasteiger charge is 2.04. The molecule has 1 aromatic rings. The first-order chi connectivity index (χ1) is 8.13. The molecule has 2 nitrogen and oxygen atoms in total. The summed E-state index contributed by atoms with van der Waals surface area (Å²) in [5, 5.41) is 3.96. The highest BCUT2D eigenvalue weighted by Crippen LogP contribution is 2.24. The average Bonchev–Trinajstić information content (AvgIpc) is 2.29. The Balaban J connectivity index is 2.35. The van der Waals surface area contributed by atoms with Gasteiger partial charge >= 0.3 is 0 Å². The first-order valence-electron chi connectivity index (χ1n) is 5.02. The van der Waals surface area contributed by atoms with Crippen LogP contribution in [-0.4, -0.2) is 18.2 Å². The lowest BCUT2D eigenvalue weighted by Crippen LogP contribution is -2.24. The van der Waals surface area contributed by atoms with Crippen LogP contribution in [0.3, 0.4) is 0 Å². The van der Waals surface area contributed by atoms with Gasteiger partial charge in [-0.1, -0.05) is 35.3 Å². The van der Waals surface area contributed by atoms with Crippen molar-refractivity contribution in [3.05, 3.63) is 46.5 Å². The topological polar surface area (TPSA) is 29.1 Å². The lowest BCUT2D eigenvalue weighted by molar-refractivity contribution is -0.118. The van der Waals surface area contributed by atoms with Crippen molar-refractivity contribution in [2.45, 2.75) is 5.75 Å². The van der Waals surface area contributed by atoms with E-state index in [2.05, 4.69) is 11.9 Å². The van der Waals surface area contributed by atoms with Gasteiger partial charge in [-0.05, 0) is 17.7 Å². The SMILES string of the molecule is C=CCNC(=O)CSCc1ccc(Cl)cc1Cl. The molecule has 92 valence electrons. The fourth-order valence-electron chi connectivity index (χ4n) is 1.13. The molecule has 5 heteroatoms. The van der Waals surface area contributed by atoms with Crippen molar-refractivity contribution in [2.75, 3.05) is 12.3 Å². The minimum absolute atomic E-state index is 0.0000130. The molecule has 0 unspecified atom stereocenters. The van der Waals surface area contributed by atoms with Crippen LogP contribution in [0, 0.1) is 0 Å². The van der Waals surface area contributed by atoms with Crippen LogP contribution in [0.5, 0.6) is 0 Å². The molecule has 0 aromatic heterocycles. The summed E-state index contributed by atoms with van der Waals surface area (Å²) in [4.78, 5) is 11.3. The van der Waals surface area contributed by atoms with Gasteiger partial charge in [-0.15, -0.1) is 18.3 Å². The lowest BCUT2D eigenvalue weighted by atomic mass is 10.2. The van der Waals surface area contributed by atoms with E-state index in [0.29, 0.717) is 28.1 Å². The van der Waals surface area contributed by atoms with E-state index in [9.17, 15) is 4.79 Å². The van der Waals surface area contributed by atoms with Crippen LogP contribution in [0.2, 0.25) is 10.0 Å². The number of hydrogen-bond donors (Lipinski definition) is 1. The molecule has 0 aliphatic carbocycles. The van der Waals surface area contributed by atoms with E-state index >= 15 is 0 Å². The number of carbonyl (C=O) groups is 1. The third-order valence-electron chi connectivity index (χ3n) is 1.95. The molecule has 0 saturated heterocycles. The zero-order chi connectivity index (χ0) is 12.7. The number of amides is 1. The van der Waals surface area contributed by atoms with Crippen LogP contribution in [0.15, 0.2) is 30.9 Å². The summed E-state index contributed by atoms with van der Waals surface area (Å²) in [5.41, 5.74) is 0.984. The van der Waals surface area contributed by atoms with Gasteiger partial charge in [-0.2, -0.15) is 0 Å². The fraction of sp³-hybridized carbons (Fsp3) is 0.250. The Labute approximate surface area is 115 Å². The normalized spacial score (nSPS) is 10.0. The van der Waals surface area contributed by atoms with Crippen molar-refractivity contribution in [3.63, 3.8) is 0 Å². The van der Waals surface area contributed by atoms with Gasteiger partial charge in [0, 0.05) is 22.3 Å². The van der Waals surface area contributed by atoms with Gasteiger partial charge in [0.1, 0.15) is 0 Å². The second-order valence-corrected chi connectivity index (χ2v) is 5.15. The van der Waals surface area contributed by atoms with Crippen LogP contribution in [0.4, 0.5) is 0 Å². The van der Waals surface area contributed by atoms with E-state index in [-0.39, 0.29) is 5.91 Å². The summed E-state index contributed by atoms with van der Waals surface area (Å²) >= 11 is 13.3. The Kier molecular flexibility index (Phi) is 6.48. The number of carbonyl (C=O) groups excluding carboxylic acids is 1. The smallest absolute Gasteiger partial charge is 0.230 e. The summed E-state index contributed by atoms with van der Waals surface area (Å²) < 4.78 is 0. The Morgan fingerprint density at radius 3 is 2.88 bits per heavy atom. The quantitative estimate of drug-likeness (QED) is 0.812. The molecule has 0 aliphatic heterocycles. The number of thioether (sulfide) groups is 1. The van der Waals surface area contributed by atoms with Gasteiger partial charge in [-0.3, -0.25) is 4.79 Å². The number of halogens is 2. The predicted molar refractivity (Wildman–Crippen MR) is 75.8 cm³/mol. The van der Waals surface area contributed by atoms with Gasteiger partial charge in [0.05, 0.1) is 5.75 Å². The molecule has 0 spiro atoms. The first-order valence-corrected chi connectivity index (χ1v) is 6.94. The van der Waals surface area contributed by atoms with Crippen molar-refractivity contribution in [1.82, 2.24) is 5.32 Å². The van der Waals surface area contributed by atoms with E-state index in [0.717, 1.165) is 5.56 Å². The average molecular weight is 290 g/mol. The second kappa shape index (κ2) is 7.64. The van der Waals surface area contributed by atoms with Crippen molar-refractivity contribution in [3.8, 4) is 0 Å². The third kappa shape index (κ3) is 5.48. The minimum atomic E-state index is -0.0000130. The summed E-state index contributed by atoms with van der Waals surface area (Å²) in [7, 11) is 0. The lowest BCUT2D eigenvalue weighted by Gasteiger charge is -2.05. The Hall–Kier alpha value is -0.640. The second-order valence-electron chi connectivity index (χ2n) is 3.32. The summed E-state index contributed by atoms with van der Waals surface area (Å²) in [5.74, 6) is 1.10. The van der Waals surface area contributed by atoms with Crippen molar-refractivity contribution in [2.24, 2.45) is 0 Å². The van der Waals surface area contributed by atoms with E-state index in [1.54, 1.807) is 18.2 Å². The molecule has 1 aromatic carbocycles. The highest BCUT2D eigenvalue weighted by molar-refractivity contribution is 7.99. The minimum Gasteiger partial charge on any atom is -0.352 e. The highest BCUT2D eigenvalue weighted by atomic mass is 35.5. The Bertz CT molecular complexity index is 409. The molecular formula is C12H13Cl2NOS. The van der Waals surface area contributed by atoms with Crippen LogP contribution in [-0.2, 0) is 10.5 Å². The van der Waals surface area contributed by atoms with Gasteiger partial charge < -0.3 is 5.32 Å². The van der Waals surface area contributed by atoms with Gasteiger partial charge in [0.15, 0.2) is 0 Å². The molecule has 0 aliphatic rings. The molecule has 0 saturated carbocycles. The van der Waals surface area contributed by atoms with Crippen molar-refractivity contribution < 1.29 is 4.79 Å². The molecule has 17 heavy (non-hydrogen) atoms. The van der Waals surface area contributed by atoms with Gasteiger partial charge in [0.2, 0.25) is 5.91 Å². The third-order valence-corrected chi connectivity index (χ3v) is 3.52. The summed E-state index contributed by atoms with van der Waals surface area (Å²) in [6.07, 6.45) is 1.65. The van der Waals surface area contributed by atoms with Crippen LogP contribution < -0.4 is 5.32 Å². The van der Waals surface area contributed by atoms with E-state index in [1.165, 1.54) is 11.8 Å². The molecule has 0 radical (unpaired) electrons. The van der Waals surface area contributed by atoms with E-state index in [4.69, 9.17) is 23.2 Å². The zero-order valence-corrected chi connectivity index (χ0v) is 11.5. The zero-order valence-electron chi connectivity index (χ0n) is 9.21. The maximum Gasteiger partial charge on any atom is 0.230 e. The maximum atomic E-state index is 11.3. The standard InChI is InChI=1S/C12H13Cl2NOS/c1-2-5-15-12(16)8-17-7-9-3-4-10(13)6-11(9)14/h2-4,6H,1,5,7-8H2,(H,15,16). The van der Waals surface area contributed by atoms with E-state index in [1.807, 2.05) is 6.07 Å². The molecule has 1 N–H and O–H groups in total. The Morgan fingerprint density at radius 2 is 2.24 bits per heavy atom. The van der Waals surface area contributed by atoms with Crippen LogP contribution >= 0.6 is 35.0 Å². The van der Waals surface area contributed by atoms with Gasteiger partial charge in [-0.25, -0.2) is 0 Å². The number of nitrogens with one attached hydrogen (secondary N) is 1. The van der Waals surface area contributed by atoms with Crippen LogP contribution in [0.25, 0.3) is 0 Å². The van der Waals surface area contributed by atoms with E-state index < -0.39 is 0 Å². The van der Waals surface area contributed by atoms with Crippen LogP contribution in [0.1, 0.15) is 5.56 Å². The molecule has 0 bridgehead atoms. The monoisotopic (exact) mass is 289 g/mol. The van der Waals surface area contributed by atoms with Gasteiger partial charge in [0.25, 0.3) is 0 Å². The molecule has 1 rings (SSSR count). The predicted octanol–water partition coefficient (Wildman–Crippen LogP) is 3.53. The first kappa shape index (κ1) is 14.4. The summed E-state index contributed by atoms with van der Waals surface area (Å²) in [6, 6.07) is 5.37. The largest absolute Gasteiger partial charge is 0.352 e.